The molecule has 0 bridgehead atoms. The van der Waals surface area contributed by atoms with Gasteiger partial charge in [0.25, 0.3) is 0 Å². The fourth-order valence-corrected chi connectivity index (χ4v) is 4.90. The number of ether oxygens (including phenoxy) is 3. The first-order chi connectivity index (χ1) is 15.2. The summed E-state index contributed by atoms with van der Waals surface area (Å²) in [6, 6.07) is 6.58. The SMILES string of the molecule is O=C(CN1CCOC1=O)N1CCC[C@@H](N2CCN(Cc3ccc4c(c3)OCO4)CC2)C1. The molecule has 3 fully saturated rings. The van der Waals surface area contributed by atoms with Crippen molar-refractivity contribution in [3.8, 4) is 11.5 Å². The summed E-state index contributed by atoms with van der Waals surface area (Å²) >= 11 is 0. The molecule has 1 aromatic carbocycles. The quantitative estimate of drug-likeness (QED) is 0.689. The molecule has 0 saturated carbocycles. The zero-order valence-electron chi connectivity index (χ0n) is 17.8. The first kappa shape index (κ1) is 20.4. The van der Waals surface area contributed by atoms with Crippen LogP contribution in [0.25, 0.3) is 0 Å². The van der Waals surface area contributed by atoms with Crippen LogP contribution in [0.15, 0.2) is 18.2 Å². The molecule has 4 aliphatic rings. The van der Waals surface area contributed by atoms with Crippen molar-refractivity contribution >= 4 is 12.0 Å². The second-order valence-electron chi connectivity index (χ2n) is 8.67. The van der Waals surface area contributed by atoms with Crippen LogP contribution in [0.1, 0.15) is 18.4 Å². The van der Waals surface area contributed by atoms with E-state index in [1.54, 1.807) is 0 Å². The number of nitrogens with zero attached hydrogens (tertiary/aromatic N) is 4. The molecule has 0 radical (unpaired) electrons. The number of hydrogen-bond acceptors (Lipinski definition) is 7. The van der Waals surface area contributed by atoms with Gasteiger partial charge in [-0.3, -0.25) is 19.5 Å². The van der Waals surface area contributed by atoms with Crippen molar-refractivity contribution in [3.63, 3.8) is 0 Å². The molecule has 2 amide bonds. The molecule has 0 spiro atoms. The normalized spacial score (nSPS) is 24.5. The zero-order chi connectivity index (χ0) is 21.2. The number of hydrogen-bond donors (Lipinski definition) is 0. The van der Waals surface area contributed by atoms with Gasteiger partial charge < -0.3 is 19.1 Å². The summed E-state index contributed by atoms with van der Waals surface area (Å²) in [6.07, 6.45) is 1.76. The van der Waals surface area contributed by atoms with Crippen LogP contribution in [0, 0.1) is 0 Å². The molecule has 4 aliphatic heterocycles. The van der Waals surface area contributed by atoms with Gasteiger partial charge in [-0.25, -0.2) is 4.79 Å². The molecule has 1 aromatic rings. The lowest BCUT2D eigenvalue weighted by atomic mass is 10.0. The molecule has 0 unspecified atom stereocenters. The van der Waals surface area contributed by atoms with Gasteiger partial charge in [-0.1, -0.05) is 6.07 Å². The highest BCUT2D eigenvalue weighted by Gasteiger charge is 2.32. The summed E-state index contributed by atoms with van der Waals surface area (Å²) in [5, 5.41) is 0. The van der Waals surface area contributed by atoms with Gasteiger partial charge in [0.05, 0.1) is 6.54 Å². The van der Waals surface area contributed by atoms with Crippen molar-refractivity contribution in [2.45, 2.75) is 25.4 Å². The molecule has 0 N–H and O–H groups in total. The van der Waals surface area contributed by atoms with Gasteiger partial charge >= 0.3 is 6.09 Å². The summed E-state index contributed by atoms with van der Waals surface area (Å²) in [6.45, 7) is 7.81. The van der Waals surface area contributed by atoms with Crippen LogP contribution >= 0.6 is 0 Å². The molecule has 9 nitrogen and oxygen atoms in total. The van der Waals surface area contributed by atoms with Crippen LogP contribution in [0.2, 0.25) is 0 Å². The van der Waals surface area contributed by atoms with Gasteiger partial charge in [-0.05, 0) is 30.5 Å². The minimum Gasteiger partial charge on any atom is -0.454 e. The number of carbonyl (C=O) groups is 2. The molecule has 0 aliphatic carbocycles. The Bertz CT molecular complexity index is 826. The Kier molecular flexibility index (Phi) is 5.87. The van der Waals surface area contributed by atoms with Gasteiger partial charge in [0.15, 0.2) is 11.5 Å². The molecule has 9 heteroatoms. The highest BCUT2D eigenvalue weighted by molar-refractivity contribution is 5.83. The number of piperidine rings is 1. The van der Waals surface area contributed by atoms with E-state index in [-0.39, 0.29) is 18.5 Å². The fourth-order valence-electron chi connectivity index (χ4n) is 4.90. The van der Waals surface area contributed by atoms with Gasteiger partial charge in [0, 0.05) is 51.9 Å². The van der Waals surface area contributed by atoms with Crippen LogP contribution in [-0.2, 0) is 16.1 Å². The highest BCUT2D eigenvalue weighted by Crippen LogP contribution is 2.33. The van der Waals surface area contributed by atoms with Crippen LogP contribution < -0.4 is 9.47 Å². The van der Waals surface area contributed by atoms with E-state index in [0.29, 0.717) is 26.0 Å². The molecule has 1 atom stereocenters. The van der Waals surface area contributed by atoms with Crippen LogP contribution in [0.4, 0.5) is 4.79 Å². The van der Waals surface area contributed by atoms with E-state index in [9.17, 15) is 9.59 Å². The molecular formula is C22H30N4O5. The molecule has 5 rings (SSSR count). The predicted octanol–water partition coefficient (Wildman–Crippen LogP) is 0.976. The lowest BCUT2D eigenvalue weighted by Crippen LogP contribution is -2.56. The van der Waals surface area contributed by atoms with Crippen molar-refractivity contribution < 1.29 is 23.8 Å². The zero-order valence-corrected chi connectivity index (χ0v) is 17.8. The standard InChI is InChI=1S/C22H30N4O5/c27-21(15-26-10-11-29-22(26)28)25-5-1-2-18(14-25)24-8-6-23(7-9-24)13-17-3-4-19-20(12-17)31-16-30-19/h3-4,12,18H,1-2,5-11,13-16H2/t18-/m1/s1. The van der Waals surface area contributed by atoms with E-state index in [2.05, 4.69) is 21.9 Å². The maximum Gasteiger partial charge on any atom is 0.410 e. The summed E-state index contributed by atoms with van der Waals surface area (Å²) in [5.41, 5.74) is 1.24. The summed E-state index contributed by atoms with van der Waals surface area (Å²) in [5.74, 6) is 1.70. The second kappa shape index (κ2) is 8.92. The van der Waals surface area contributed by atoms with E-state index in [1.165, 1.54) is 10.5 Å². The Labute approximate surface area is 182 Å². The van der Waals surface area contributed by atoms with Crippen molar-refractivity contribution in [2.24, 2.45) is 0 Å². The smallest absolute Gasteiger partial charge is 0.410 e. The number of benzene rings is 1. The number of amides is 2. The van der Waals surface area contributed by atoms with E-state index >= 15 is 0 Å². The third-order valence-corrected chi connectivity index (χ3v) is 6.69. The Hall–Kier alpha value is -2.52. The Morgan fingerprint density at radius 1 is 1.00 bits per heavy atom. The maximum absolute atomic E-state index is 12.7. The Morgan fingerprint density at radius 3 is 2.65 bits per heavy atom. The summed E-state index contributed by atoms with van der Waals surface area (Å²) < 4.78 is 15.8. The van der Waals surface area contributed by atoms with Crippen molar-refractivity contribution in [1.82, 2.24) is 19.6 Å². The van der Waals surface area contributed by atoms with Crippen LogP contribution in [0.5, 0.6) is 11.5 Å². The molecular weight excluding hydrogens is 400 g/mol. The third-order valence-electron chi connectivity index (χ3n) is 6.69. The van der Waals surface area contributed by atoms with Crippen LogP contribution in [0.3, 0.4) is 0 Å². The lowest BCUT2D eigenvalue weighted by Gasteiger charge is -2.43. The predicted molar refractivity (Wildman–Crippen MR) is 112 cm³/mol. The van der Waals surface area contributed by atoms with E-state index < -0.39 is 0 Å². The van der Waals surface area contributed by atoms with Crippen molar-refractivity contribution in [3.05, 3.63) is 23.8 Å². The highest BCUT2D eigenvalue weighted by atomic mass is 16.7. The number of fused-ring (bicyclic) bond motifs is 1. The Morgan fingerprint density at radius 2 is 1.84 bits per heavy atom. The third kappa shape index (κ3) is 4.57. The first-order valence-corrected chi connectivity index (χ1v) is 11.2. The molecule has 31 heavy (non-hydrogen) atoms. The molecule has 168 valence electrons. The summed E-state index contributed by atoms with van der Waals surface area (Å²) in [4.78, 5) is 32.8. The number of cyclic esters (lactones) is 1. The van der Waals surface area contributed by atoms with E-state index in [4.69, 9.17) is 14.2 Å². The molecule has 3 saturated heterocycles. The average Bonchev–Trinajstić information content (AvgIpc) is 3.43. The average molecular weight is 431 g/mol. The topological polar surface area (TPSA) is 74.8 Å². The molecule has 0 aromatic heterocycles. The monoisotopic (exact) mass is 430 g/mol. The first-order valence-electron chi connectivity index (χ1n) is 11.2. The van der Waals surface area contributed by atoms with Crippen molar-refractivity contribution in [1.29, 1.82) is 0 Å². The van der Waals surface area contributed by atoms with E-state index in [1.807, 2.05) is 11.0 Å². The number of rotatable bonds is 5. The van der Waals surface area contributed by atoms with Gasteiger partial charge in [0.2, 0.25) is 12.7 Å². The van der Waals surface area contributed by atoms with Gasteiger partial charge in [0.1, 0.15) is 13.2 Å². The summed E-state index contributed by atoms with van der Waals surface area (Å²) in [7, 11) is 0. The minimum atomic E-state index is -0.375. The van der Waals surface area contributed by atoms with Crippen LogP contribution in [-0.4, -0.2) is 103 Å². The Balaban J connectivity index is 1.10. The maximum atomic E-state index is 12.7. The number of likely N-dealkylation sites (tertiary alicyclic amines) is 1. The minimum absolute atomic E-state index is 0.0324. The van der Waals surface area contributed by atoms with Gasteiger partial charge in [-0.2, -0.15) is 0 Å². The second-order valence-corrected chi connectivity index (χ2v) is 8.67. The lowest BCUT2D eigenvalue weighted by molar-refractivity contribution is -0.134. The number of carbonyl (C=O) groups excluding carboxylic acids is 2. The van der Waals surface area contributed by atoms with Gasteiger partial charge in [-0.15, -0.1) is 0 Å². The number of piperazine rings is 1. The molecule has 4 heterocycles. The van der Waals surface area contributed by atoms with Crippen molar-refractivity contribution in [2.75, 3.05) is 65.8 Å². The largest absolute Gasteiger partial charge is 0.454 e. The fraction of sp³-hybridized carbons (Fsp3) is 0.636. The van der Waals surface area contributed by atoms with E-state index in [0.717, 1.165) is 70.2 Å².